The van der Waals surface area contributed by atoms with E-state index in [0.29, 0.717) is 27.2 Å². The van der Waals surface area contributed by atoms with Gasteiger partial charge in [0.2, 0.25) is 0 Å². The van der Waals surface area contributed by atoms with Crippen molar-refractivity contribution in [2.24, 2.45) is 0 Å². The Morgan fingerprint density at radius 2 is 2.00 bits per heavy atom. The molecule has 0 aromatic carbocycles. The van der Waals surface area contributed by atoms with Gasteiger partial charge in [-0.25, -0.2) is 4.98 Å². The number of nitrogens with zero attached hydrogens (tertiary/aromatic N) is 2. The quantitative estimate of drug-likeness (QED) is 0.911. The zero-order chi connectivity index (χ0) is 12.4. The zero-order valence-corrected chi connectivity index (χ0v) is 10.5. The number of hydrogen-bond donors (Lipinski definition) is 1. The standard InChI is InChI=1S/C11H9Cl2N3O/c1-17-8-3-2-4-15-10(8)9-6(12)5-7(13)11(14)16-9/h2-5H,1H3,(H2,14,16). The molecule has 2 aromatic heterocycles. The van der Waals surface area contributed by atoms with Crippen LogP contribution in [-0.2, 0) is 0 Å². The Morgan fingerprint density at radius 1 is 1.24 bits per heavy atom. The van der Waals surface area contributed by atoms with Crippen molar-refractivity contribution in [2.75, 3.05) is 12.8 Å². The van der Waals surface area contributed by atoms with Crippen LogP contribution in [0.5, 0.6) is 5.75 Å². The highest BCUT2D eigenvalue weighted by molar-refractivity contribution is 6.37. The summed E-state index contributed by atoms with van der Waals surface area (Å²) in [6.45, 7) is 0. The maximum absolute atomic E-state index is 6.07. The minimum absolute atomic E-state index is 0.207. The Morgan fingerprint density at radius 3 is 2.71 bits per heavy atom. The van der Waals surface area contributed by atoms with Crippen molar-refractivity contribution in [1.29, 1.82) is 0 Å². The van der Waals surface area contributed by atoms with Gasteiger partial charge in [0, 0.05) is 6.20 Å². The number of pyridine rings is 2. The minimum atomic E-state index is 0.207. The maximum Gasteiger partial charge on any atom is 0.146 e. The summed E-state index contributed by atoms with van der Waals surface area (Å²) >= 11 is 11.9. The second kappa shape index (κ2) is 4.77. The highest BCUT2D eigenvalue weighted by atomic mass is 35.5. The molecule has 2 N–H and O–H groups in total. The fraction of sp³-hybridized carbons (Fsp3) is 0.0909. The smallest absolute Gasteiger partial charge is 0.146 e. The number of rotatable bonds is 2. The van der Waals surface area contributed by atoms with Gasteiger partial charge < -0.3 is 10.5 Å². The van der Waals surface area contributed by atoms with Crippen LogP contribution in [-0.4, -0.2) is 17.1 Å². The fourth-order valence-electron chi connectivity index (χ4n) is 1.38. The van der Waals surface area contributed by atoms with Gasteiger partial charge in [0.15, 0.2) is 0 Å². The predicted octanol–water partition coefficient (Wildman–Crippen LogP) is 3.04. The highest BCUT2D eigenvalue weighted by Crippen LogP contribution is 2.34. The van der Waals surface area contributed by atoms with Crippen LogP contribution in [0.3, 0.4) is 0 Å². The molecule has 0 unspecified atom stereocenters. The van der Waals surface area contributed by atoms with Crippen molar-refractivity contribution in [3.63, 3.8) is 0 Å². The van der Waals surface area contributed by atoms with E-state index in [9.17, 15) is 0 Å². The molecule has 0 saturated carbocycles. The number of halogens is 2. The SMILES string of the molecule is COc1cccnc1-c1nc(N)c(Cl)cc1Cl. The van der Waals surface area contributed by atoms with Crippen LogP contribution in [0.1, 0.15) is 0 Å². The first-order chi connectivity index (χ1) is 8.13. The van der Waals surface area contributed by atoms with Gasteiger partial charge in [0.1, 0.15) is 23.0 Å². The summed E-state index contributed by atoms with van der Waals surface area (Å²) in [7, 11) is 1.55. The molecule has 2 aromatic rings. The summed E-state index contributed by atoms with van der Waals surface area (Å²) in [6.07, 6.45) is 1.63. The topological polar surface area (TPSA) is 61.0 Å². The van der Waals surface area contributed by atoms with Crippen molar-refractivity contribution in [2.45, 2.75) is 0 Å². The average molecular weight is 270 g/mol. The lowest BCUT2D eigenvalue weighted by molar-refractivity contribution is 0.414. The van der Waals surface area contributed by atoms with E-state index in [4.69, 9.17) is 33.7 Å². The van der Waals surface area contributed by atoms with E-state index >= 15 is 0 Å². The molecule has 6 heteroatoms. The van der Waals surface area contributed by atoms with Gasteiger partial charge in [-0.1, -0.05) is 23.2 Å². The maximum atomic E-state index is 6.07. The Hall–Kier alpha value is -1.52. The Bertz CT molecular complexity index is 560. The minimum Gasteiger partial charge on any atom is -0.494 e. The molecule has 2 rings (SSSR count). The number of nitrogens with two attached hydrogens (primary N) is 1. The molecule has 0 aliphatic rings. The van der Waals surface area contributed by atoms with Gasteiger partial charge in [0.05, 0.1) is 17.2 Å². The number of hydrogen-bond acceptors (Lipinski definition) is 4. The molecule has 0 aliphatic carbocycles. The molecule has 0 saturated heterocycles. The van der Waals surface area contributed by atoms with Crippen LogP contribution >= 0.6 is 23.2 Å². The van der Waals surface area contributed by atoms with Crippen molar-refractivity contribution >= 4 is 29.0 Å². The molecule has 4 nitrogen and oxygen atoms in total. The van der Waals surface area contributed by atoms with E-state index < -0.39 is 0 Å². The Balaban J connectivity index is 2.64. The van der Waals surface area contributed by atoms with Gasteiger partial charge in [0.25, 0.3) is 0 Å². The van der Waals surface area contributed by atoms with E-state index in [1.165, 1.54) is 6.07 Å². The average Bonchev–Trinajstić information content (AvgIpc) is 2.34. The molecule has 0 bridgehead atoms. The molecular weight excluding hydrogens is 261 g/mol. The van der Waals surface area contributed by atoms with Gasteiger partial charge in [-0.15, -0.1) is 0 Å². The molecule has 0 atom stereocenters. The molecule has 0 spiro atoms. The summed E-state index contributed by atoms with van der Waals surface area (Å²) < 4.78 is 5.19. The van der Waals surface area contributed by atoms with Crippen LogP contribution < -0.4 is 10.5 Å². The predicted molar refractivity (Wildman–Crippen MR) is 68.5 cm³/mol. The molecule has 0 radical (unpaired) electrons. The second-order valence-corrected chi connectivity index (χ2v) is 4.05. The van der Waals surface area contributed by atoms with E-state index in [-0.39, 0.29) is 5.82 Å². The normalized spacial score (nSPS) is 10.3. The molecule has 2 heterocycles. The van der Waals surface area contributed by atoms with Crippen molar-refractivity contribution in [3.05, 3.63) is 34.4 Å². The lowest BCUT2D eigenvalue weighted by Gasteiger charge is -2.09. The summed E-state index contributed by atoms with van der Waals surface area (Å²) in [6, 6.07) is 5.07. The third-order valence-electron chi connectivity index (χ3n) is 2.17. The Labute approximate surface area is 108 Å². The fourth-order valence-corrected chi connectivity index (χ4v) is 1.83. The first-order valence-corrected chi connectivity index (χ1v) is 5.50. The van der Waals surface area contributed by atoms with Crippen LogP contribution in [0.2, 0.25) is 10.0 Å². The van der Waals surface area contributed by atoms with Crippen LogP contribution in [0.25, 0.3) is 11.4 Å². The molecule has 0 amide bonds. The third-order valence-corrected chi connectivity index (χ3v) is 2.76. The van der Waals surface area contributed by atoms with Crippen LogP contribution in [0, 0.1) is 0 Å². The number of methoxy groups -OCH3 is 1. The van der Waals surface area contributed by atoms with Crippen LogP contribution in [0.4, 0.5) is 5.82 Å². The van der Waals surface area contributed by atoms with Gasteiger partial charge in [-0.3, -0.25) is 4.98 Å². The lowest BCUT2D eigenvalue weighted by Crippen LogP contribution is -1.98. The molecule has 88 valence electrons. The molecule has 0 aliphatic heterocycles. The van der Waals surface area contributed by atoms with Crippen molar-refractivity contribution < 1.29 is 4.74 Å². The second-order valence-electron chi connectivity index (χ2n) is 3.24. The molecule has 0 fully saturated rings. The van der Waals surface area contributed by atoms with E-state index in [1.54, 1.807) is 25.4 Å². The van der Waals surface area contributed by atoms with E-state index in [1.807, 2.05) is 0 Å². The zero-order valence-electron chi connectivity index (χ0n) is 8.95. The first-order valence-electron chi connectivity index (χ1n) is 4.74. The summed E-state index contributed by atoms with van der Waals surface area (Å²) in [5, 5.41) is 0.690. The lowest BCUT2D eigenvalue weighted by atomic mass is 10.2. The first kappa shape index (κ1) is 12.0. The number of anilines is 1. The third kappa shape index (κ3) is 2.28. The molecule has 17 heavy (non-hydrogen) atoms. The summed E-state index contributed by atoms with van der Waals surface area (Å²) in [4.78, 5) is 8.30. The monoisotopic (exact) mass is 269 g/mol. The Kier molecular flexibility index (Phi) is 3.36. The van der Waals surface area contributed by atoms with E-state index in [2.05, 4.69) is 9.97 Å². The van der Waals surface area contributed by atoms with Gasteiger partial charge in [-0.05, 0) is 18.2 Å². The largest absolute Gasteiger partial charge is 0.494 e. The summed E-state index contributed by atoms with van der Waals surface area (Å²) in [5.41, 5.74) is 6.63. The number of ether oxygens (including phenoxy) is 1. The molecular formula is C11H9Cl2N3O. The van der Waals surface area contributed by atoms with Crippen molar-refractivity contribution in [1.82, 2.24) is 9.97 Å². The number of nitrogen functional groups attached to an aromatic ring is 1. The highest BCUT2D eigenvalue weighted by Gasteiger charge is 2.14. The van der Waals surface area contributed by atoms with Crippen LogP contribution in [0.15, 0.2) is 24.4 Å². The number of aromatic nitrogens is 2. The summed E-state index contributed by atoms with van der Waals surface area (Å²) in [5.74, 6) is 0.780. The van der Waals surface area contributed by atoms with E-state index in [0.717, 1.165) is 0 Å². The van der Waals surface area contributed by atoms with Crippen molar-refractivity contribution in [3.8, 4) is 17.1 Å². The van der Waals surface area contributed by atoms with Gasteiger partial charge in [-0.2, -0.15) is 0 Å². The van der Waals surface area contributed by atoms with Gasteiger partial charge >= 0.3 is 0 Å².